The maximum Gasteiger partial charge on any atom is 0.116 e. The van der Waals surface area contributed by atoms with Gasteiger partial charge in [0.2, 0.25) is 0 Å². The van der Waals surface area contributed by atoms with Gasteiger partial charge in [0.15, 0.2) is 0 Å². The number of hydrogen-bond donors (Lipinski definition) is 0. The van der Waals surface area contributed by atoms with Gasteiger partial charge in [-0.1, -0.05) is 85.5 Å². The Morgan fingerprint density at radius 3 is 1.46 bits per heavy atom. The van der Waals surface area contributed by atoms with Gasteiger partial charge in [0, 0.05) is 0 Å². The van der Waals surface area contributed by atoms with E-state index in [9.17, 15) is 0 Å². The number of hydrogen-bond acceptors (Lipinski definition) is 0. The van der Waals surface area contributed by atoms with E-state index in [0.29, 0.717) is 0 Å². The van der Waals surface area contributed by atoms with Crippen molar-refractivity contribution in [2.45, 2.75) is 6.16 Å². The minimum Gasteiger partial charge on any atom is -0.0985 e. The van der Waals surface area contributed by atoms with Crippen LogP contribution in [-0.4, -0.2) is 0 Å². The molecule has 4 rings (SSSR count). The van der Waals surface area contributed by atoms with Crippen LogP contribution < -0.4 is 15.9 Å². The summed E-state index contributed by atoms with van der Waals surface area (Å²) in [6.07, 6.45) is 2.92. The highest BCUT2D eigenvalue weighted by Crippen LogP contribution is 2.58. The van der Waals surface area contributed by atoms with Crippen molar-refractivity contribution in [1.29, 1.82) is 0 Å². The van der Waals surface area contributed by atoms with Crippen LogP contribution >= 0.6 is 7.26 Å². The van der Waals surface area contributed by atoms with Crippen LogP contribution in [0.3, 0.4) is 0 Å². The summed E-state index contributed by atoms with van der Waals surface area (Å²) in [4.78, 5) is 0. The van der Waals surface area contributed by atoms with Gasteiger partial charge in [-0.3, -0.25) is 0 Å². The average molecular weight is 379 g/mol. The molecule has 0 unspecified atom stereocenters. The van der Waals surface area contributed by atoms with Gasteiger partial charge >= 0.3 is 0 Å². The first-order chi connectivity index (χ1) is 13.8. The highest BCUT2D eigenvalue weighted by Gasteiger charge is 2.45. The summed E-state index contributed by atoms with van der Waals surface area (Å²) in [5.74, 6) is 0. The Kier molecular flexibility index (Phi) is 5.51. The standard InChI is InChI=1S/C27H24P/c1-2-23-13-12-14-24(21-23)22-28(25-15-6-3-7-16-25,26-17-8-4-9-18-26)27-19-10-5-11-20-27/h2-21H,1,22H2/q+1. The summed E-state index contributed by atoms with van der Waals surface area (Å²) in [7, 11) is -1.84. The number of benzene rings is 4. The predicted molar refractivity (Wildman–Crippen MR) is 125 cm³/mol. The zero-order chi connectivity index (χ0) is 19.2. The van der Waals surface area contributed by atoms with Crippen molar-refractivity contribution < 1.29 is 0 Å². The van der Waals surface area contributed by atoms with Crippen LogP contribution in [-0.2, 0) is 6.16 Å². The lowest BCUT2D eigenvalue weighted by Gasteiger charge is -2.28. The Balaban J connectivity index is 1.99. The molecule has 0 nitrogen and oxygen atoms in total. The summed E-state index contributed by atoms with van der Waals surface area (Å²) in [5, 5.41) is 4.24. The predicted octanol–water partition coefficient (Wildman–Crippen LogP) is 5.82. The van der Waals surface area contributed by atoms with E-state index in [1.165, 1.54) is 27.0 Å². The molecular weight excluding hydrogens is 355 g/mol. The van der Waals surface area contributed by atoms with Crippen molar-refractivity contribution in [2.75, 3.05) is 0 Å². The second kappa shape index (κ2) is 8.38. The van der Waals surface area contributed by atoms with Gasteiger partial charge in [-0.05, 0) is 53.6 Å². The van der Waals surface area contributed by atoms with E-state index >= 15 is 0 Å². The quantitative estimate of drug-likeness (QED) is 0.370. The molecule has 0 saturated carbocycles. The van der Waals surface area contributed by atoms with Gasteiger partial charge in [0.05, 0.1) is 6.16 Å². The van der Waals surface area contributed by atoms with Gasteiger partial charge in [-0.25, -0.2) is 0 Å². The molecule has 0 spiro atoms. The molecule has 0 bridgehead atoms. The van der Waals surface area contributed by atoms with Gasteiger partial charge in [0.1, 0.15) is 23.2 Å². The molecule has 0 N–H and O–H groups in total. The van der Waals surface area contributed by atoms with Crippen molar-refractivity contribution in [3.63, 3.8) is 0 Å². The molecule has 0 amide bonds. The summed E-state index contributed by atoms with van der Waals surface area (Å²) in [5.41, 5.74) is 2.52. The van der Waals surface area contributed by atoms with Crippen LogP contribution in [0, 0.1) is 0 Å². The maximum atomic E-state index is 3.95. The third kappa shape index (κ3) is 3.57. The molecule has 0 aliphatic carbocycles. The van der Waals surface area contributed by atoms with E-state index in [1.807, 2.05) is 6.08 Å². The first kappa shape index (κ1) is 18.4. The van der Waals surface area contributed by atoms with Gasteiger partial charge in [0.25, 0.3) is 0 Å². The van der Waals surface area contributed by atoms with E-state index in [4.69, 9.17) is 0 Å². The molecule has 0 aromatic heterocycles. The van der Waals surface area contributed by atoms with Crippen molar-refractivity contribution in [1.82, 2.24) is 0 Å². The smallest absolute Gasteiger partial charge is 0.0985 e. The SMILES string of the molecule is C=Cc1cccc(C[P+](c2ccccc2)(c2ccccc2)c2ccccc2)c1. The molecule has 0 heterocycles. The Hall–Kier alpha value is -2.95. The van der Waals surface area contributed by atoms with Crippen LogP contribution in [0.4, 0.5) is 0 Å². The molecule has 0 fully saturated rings. The summed E-state index contributed by atoms with van der Waals surface area (Å²) >= 11 is 0. The van der Waals surface area contributed by atoms with Crippen molar-refractivity contribution in [2.24, 2.45) is 0 Å². The Bertz CT molecular complexity index is 940. The highest BCUT2D eigenvalue weighted by molar-refractivity contribution is 7.95. The van der Waals surface area contributed by atoms with Crippen molar-refractivity contribution in [3.8, 4) is 0 Å². The Morgan fingerprint density at radius 1 is 0.571 bits per heavy atom. The minimum atomic E-state index is -1.84. The second-order valence-electron chi connectivity index (χ2n) is 6.92. The van der Waals surface area contributed by atoms with Crippen LogP contribution in [0.5, 0.6) is 0 Å². The van der Waals surface area contributed by atoms with E-state index in [-0.39, 0.29) is 0 Å². The topological polar surface area (TPSA) is 0 Å². The van der Waals surface area contributed by atoms with Crippen molar-refractivity contribution in [3.05, 3.63) is 133 Å². The molecule has 4 aromatic rings. The monoisotopic (exact) mass is 379 g/mol. The lowest BCUT2D eigenvalue weighted by atomic mass is 10.1. The Labute approximate surface area is 168 Å². The van der Waals surface area contributed by atoms with E-state index in [2.05, 4.69) is 122 Å². The average Bonchev–Trinajstić information content (AvgIpc) is 2.79. The fourth-order valence-electron chi connectivity index (χ4n) is 3.86. The molecule has 0 radical (unpaired) electrons. The zero-order valence-electron chi connectivity index (χ0n) is 15.9. The summed E-state index contributed by atoms with van der Waals surface area (Å²) < 4.78 is 0. The normalized spacial score (nSPS) is 11.1. The first-order valence-corrected chi connectivity index (χ1v) is 11.6. The first-order valence-electron chi connectivity index (χ1n) is 9.59. The molecular formula is C27H24P+. The second-order valence-corrected chi connectivity index (χ2v) is 10.4. The minimum absolute atomic E-state index is 0.993. The van der Waals surface area contributed by atoms with Gasteiger partial charge in [-0.15, -0.1) is 0 Å². The van der Waals surface area contributed by atoms with Gasteiger partial charge in [-0.2, -0.15) is 0 Å². The molecule has 4 aromatic carbocycles. The zero-order valence-corrected chi connectivity index (χ0v) is 16.8. The highest BCUT2D eigenvalue weighted by atomic mass is 31.2. The Morgan fingerprint density at radius 2 is 1.04 bits per heavy atom. The van der Waals surface area contributed by atoms with E-state index in [0.717, 1.165) is 6.16 Å². The largest absolute Gasteiger partial charge is 0.116 e. The fourth-order valence-corrected chi connectivity index (χ4v) is 8.09. The molecule has 0 saturated heterocycles. The van der Waals surface area contributed by atoms with Crippen molar-refractivity contribution >= 4 is 29.3 Å². The lowest BCUT2D eigenvalue weighted by Crippen LogP contribution is -2.32. The van der Waals surface area contributed by atoms with Gasteiger partial charge < -0.3 is 0 Å². The van der Waals surface area contributed by atoms with E-state index < -0.39 is 7.26 Å². The molecule has 0 aliphatic rings. The van der Waals surface area contributed by atoms with Crippen LogP contribution in [0.15, 0.2) is 122 Å². The molecule has 28 heavy (non-hydrogen) atoms. The summed E-state index contributed by atoms with van der Waals surface area (Å²) in [6.45, 7) is 3.95. The third-order valence-corrected chi connectivity index (χ3v) is 9.58. The summed E-state index contributed by atoms with van der Waals surface area (Å²) in [6, 6.07) is 41.8. The maximum absolute atomic E-state index is 3.95. The fraction of sp³-hybridized carbons (Fsp3) is 0.0370. The molecule has 0 aliphatic heterocycles. The van der Waals surface area contributed by atoms with Crippen LogP contribution in [0.2, 0.25) is 0 Å². The van der Waals surface area contributed by atoms with Crippen LogP contribution in [0.25, 0.3) is 6.08 Å². The van der Waals surface area contributed by atoms with Crippen LogP contribution in [0.1, 0.15) is 11.1 Å². The molecule has 0 atom stereocenters. The lowest BCUT2D eigenvalue weighted by molar-refractivity contribution is 1.38. The molecule has 1 heteroatoms. The third-order valence-electron chi connectivity index (χ3n) is 5.20. The number of rotatable bonds is 6. The van der Waals surface area contributed by atoms with E-state index in [1.54, 1.807) is 0 Å². The molecule has 136 valence electrons.